The first-order valence-electron chi connectivity index (χ1n) is 9.81. The third-order valence-electron chi connectivity index (χ3n) is 5.23. The average Bonchev–Trinajstić information content (AvgIpc) is 3.04. The Balaban J connectivity index is 1.90. The molecule has 24 heavy (non-hydrogen) atoms. The summed E-state index contributed by atoms with van der Waals surface area (Å²) in [5, 5.41) is 4.18. The molecular weight excluding hydrogens is 302 g/mol. The van der Waals surface area contributed by atoms with Gasteiger partial charge in [0.1, 0.15) is 6.26 Å². The maximum atomic E-state index is 12.0. The van der Waals surface area contributed by atoms with Crippen molar-refractivity contribution in [1.82, 2.24) is 5.16 Å². The fourth-order valence-corrected chi connectivity index (χ4v) is 3.70. The van der Waals surface area contributed by atoms with Gasteiger partial charge >= 0.3 is 5.97 Å². The van der Waals surface area contributed by atoms with E-state index in [1.807, 2.05) is 0 Å². The van der Waals surface area contributed by atoms with Crippen molar-refractivity contribution >= 4 is 5.97 Å². The third kappa shape index (κ3) is 6.66. The van der Waals surface area contributed by atoms with Crippen molar-refractivity contribution < 1.29 is 14.1 Å². The van der Waals surface area contributed by atoms with E-state index in [2.05, 4.69) is 5.16 Å². The van der Waals surface area contributed by atoms with Gasteiger partial charge < -0.3 is 9.26 Å². The van der Waals surface area contributed by atoms with Crippen LogP contribution in [0.3, 0.4) is 0 Å². The lowest BCUT2D eigenvalue weighted by molar-refractivity contribution is -0.146. The second-order valence-corrected chi connectivity index (χ2v) is 7.12. The van der Waals surface area contributed by atoms with Crippen molar-refractivity contribution in [2.75, 3.05) is 7.11 Å². The Hall–Kier alpha value is -1.32. The quantitative estimate of drug-likeness (QED) is 0.658. The highest BCUT2D eigenvalue weighted by Crippen LogP contribution is 2.22. The maximum Gasteiger partial charge on any atom is 0.308 e. The Morgan fingerprint density at radius 2 is 1.58 bits per heavy atom. The highest BCUT2D eigenvalue weighted by Gasteiger charge is 2.19. The lowest BCUT2D eigenvalue weighted by atomic mass is 9.94. The smallest absolute Gasteiger partial charge is 0.308 e. The monoisotopic (exact) mass is 335 g/mol. The van der Waals surface area contributed by atoms with Gasteiger partial charge in [0.2, 0.25) is 0 Å². The van der Waals surface area contributed by atoms with Crippen LogP contribution in [0.25, 0.3) is 0 Å². The SMILES string of the molecule is COC(=O)C1CCCCCCCCCCCc2nocc2CCC1. The van der Waals surface area contributed by atoms with Crippen LogP contribution in [0.2, 0.25) is 0 Å². The first-order chi connectivity index (χ1) is 11.8. The summed E-state index contributed by atoms with van der Waals surface area (Å²) in [6.07, 6.45) is 18.1. The minimum absolute atomic E-state index is 0.0431. The van der Waals surface area contributed by atoms with Gasteiger partial charge in [-0.25, -0.2) is 0 Å². The zero-order chi connectivity index (χ0) is 17.0. The van der Waals surface area contributed by atoms with E-state index in [4.69, 9.17) is 9.26 Å². The Kier molecular flexibility index (Phi) is 8.93. The summed E-state index contributed by atoms with van der Waals surface area (Å²) in [5.41, 5.74) is 2.34. The molecule has 1 aliphatic carbocycles. The second kappa shape index (κ2) is 11.3. The van der Waals surface area contributed by atoms with E-state index in [9.17, 15) is 4.79 Å². The molecule has 136 valence electrons. The summed E-state index contributed by atoms with van der Waals surface area (Å²) >= 11 is 0. The molecule has 0 radical (unpaired) electrons. The van der Waals surface area contributed by atoms with Gasteiger partial charge in [-0.05, 0) is 38.5 Å². The molecule has 0 aromatic carbocycles. The molecule has 2 rings (SSSR count). The largest absolute Gasteiger partial charge is 0.469 e. The van der Waals surface area contributed by atoms with Crippen molar-refractivity contribution in [1.29, 1.82) is 0 Å². The molecule has 0 spiro atoms. The fourth-order valence-electron chi connectivity index (χ4n) is 3.70. The fraction of sp³-hybridized carbons (Fsp3) is 0.800. The van der Waals surface area contributed by atoms with E-state index in [0.717, 1.165) is 44.2 Å². The number of aryl methyl sites for hydroxylation is 2. The lowest BCUT2D eigenvalue weighted by Gasteiger charge is -2.14. The summed E-state index contributed by atoms with van der Waals surface area (Å²) in [4.78, 5) is 12.0. The number of methoxy groups -OCH3 is 1. The van der Waals surface area contributed by atoms with Crippen LogP contribution in [0, 0.1) is 5.92 Å². The molecule has 1 atom stereocenters. The van der Waals surface area contributed by atoms with E-state index >= 15 is 0 Å². The molecular formula is C20H33NO3. The summed E-state index contributed by atoms with van der Waals surface area (Å²) in [5.74, 6) is 0.00690. The predicted molar refractivity (Wildman–Crippen MR) is 94.8 cm³/mol. The average molecular weight is 335 g/mol. The molecule has 0 saturated heterocycles. The van der Waals surface area contributed by atoms with Crippen molar-refractivity contribution in [3.05, 3.63) is 17.5 Å². The Labute approximate surface area is 146 Å². The molecule has 4 nitrogen and oxygen atoms in total. The van der Waals surface area contributed by atoms with Gasteiger partial charge in [0, 0.05) is 5.56 Å². The van der Waals surface area contributed by atoms with Crippen LogP contribution in [0.15, 0.2) is 10.8 Å². The number of ether oxygens (including phenoxy) is 1. The zero-order valence-corrected chi connectivity index (χ0v) is 15.2. The number of hydrogen-bond acceptors (Lipinski definition) is 4. The number of fused-ring (bicyclic) bond motifs is 1. The van der Waals surface area contributed by atoms with Gasteiger partial charge in [0.15, 0.2) is 0 Å². The minimum Gasteiger partial charge on any atom is -0.469 e. The molecule has 1 heterocycles. The van der Waals surface area contributed by atoms with Crippen LogP contribution < -0.4 is 0 Å². The molecule has 0 saturated carbocycles. The molecule has 4 heteroatoms. The van der Waals surface area contributed by atoms with E-state index in [0.29, 0.717) is 0 Å². The number of nitrogens with zero attached hydrogens (tertiary/aromatic N) is 1. The molecule has 1 unspecified atom stereocenters. The van der Waals surface area contributed by atoms with Crippen LogP contribution in [-0.4, -0.2) is 18.2 Å². The number of carbonyl (C=O) groups excluding carboxylic acids is 1. The van der Waals surface area contributed by atoms with Crippen molar-refractivity contribution in [3.63, 3.8) is 0 Å². The number of esters is 1. The van der Waals surface area contributed by atoms with Crippen LogP contribution in [0.4, 0.5) is 0 Å². The lowest BCUT2D eigenvalue weighted by Crippen LogP contribution is -2.16. The second-order valence-electron chi connectivity index (χ2n) is 7.12. The molecule has 1 aromatic rings. The summed E-state index contributed by atoms with van der Waals surface area (Å²) < 4.78 is 10.2. The first kappa shape index (κ1) is 19.0. The molecule has 1 aromatic heterocycles. The van der Waals surface area contributed by atoms with E-state index < -0.39 is 0 Å². The minimum atomic E-state index is -0.0431. The van der Waals surface area contributed by atoms with E-state index in [1.165, 1.54) is 64.0 Å². The number of hydrogen-bond donors (Lipinski definition) is 0. The first-order valence-corrected chi connectivity index (χ1v) is 9.81. The highest BCUT2D eigenvalue weighted by atomic mass is 16.5. The zero-order valence-electron chi connectivity index (χ0n) is 15.2. The predicted octanol–water partition coefficient (Wildman–Crippen LogP) is 5.24. The molecule has 0 N–H and O–H groups in total. The van der Waals surface area contributed by atoms with Gasteiger partial charge in [0.05, 0.1) is 18.7 Å². The molecule has 0 bridgehead atoms. The molecule has 0 fully saturated rings. The van der Waals surface area contributed by atoms with Crippen LogP contribution in [0.1, 0.15) is 88.3 Å². The summed E-state index contributed by atoms with van der Waals surface area (Å²) in [6, 6.07) is 0. The Bertz CT molecular complexity index is 469. The number of rotatable bonds is 1. The van der Waals surface area contributed by atoms with Gasteiger partial charge in [0.25, 0.3) is 0 Å². The summed E-state index contributed by atoms with van der Waals surface area (Å²) in [7, 11) is 1.50. The Morgan fingerprint density at radius 1 is 0.958 bits per heavy atom. The van der Waals surface area contributed by atoms with Crippen molar-refractivity contribution in [2.24, 2.45) is 5.92 Å². The number of aromatic nitrogens is 1. The third-order valence-corrected chi connectivity index (χ3v) is 5.23. The number of carbonyl (C=O) groups is 1. The van der Waals surface area contributed by atoms with E-state index in [1.54, 1.807) is 6.26 Å². The van der Waals surface area contributed by atoms with E-state index in [-0.39, 0.29) is 11.9 Å². The molecule has 1 aliphatic rings. The topological polar surface area (TPSA) is 52.3 Å². The van der Waals surface area contributed by atoms with Crippen LogP contribution in [-0.2, 0) is 22.4 Å². The molecule has 0 aliphatic heterocycles. The van der Waals surface area contributed by atoms with Crippen LogP contribution >= 0.6 is 0 Å². The standard InChI is InChI=1S/C20H33NO3/c1-23-20(22)17-12-9-7-5-3-2-4-6-8-10-15-19-18(14-11-13-17)16-24-21-19/h16-17H,2-15H2,1H3. The van der Waals surface area contributed by atoms with Gasteiger partial charge in [-0.15, -0.1) is 0 Å². The van der Waals surface area contributed by atoms with Gasteiger partial charge in [-0.2, -0.15) is 0 Å². The highest BCUT2D eigenvalue weighted by molar-refractivity contribution is 5.72. The molecule has 0 amide bonds. The maximum absolute atomic E-state index is 12.0. The summed E-state index contributed by atoms with van der Waals surface area (Å²) in [6.45, 7) is 0. The Morgan fingerprint density at radius 3 is 2.29 bits per heavy atom. The van der Waals surface area contributed by atoms with Crippen LogP contribution in [0.5, 0.6) is 0 Å². The van der Waals surface area contributed by atoms with Crippen molar-refractivity contribution in [2.45, 2.75) is 89.9 Å². The normalized spacial score (nSPS) is 22.3. The van der Waals surface area contributed by atoms with Gasteiger partial charge in [-0.1, -0.05) is 56.5 Å². The van der Waals surface area contributed by atoms with Gasteiger partial charge in [-0.3, -0.25) is 4.79 Å². The van der Waals surface area contributed by atoms with Crippen molar-refractivity contribution in [3.8, 4) is 0 Å².